The van der Waals surface area contributed by atoms with Gasteiger partial charge >= 0.3 is 0 Å². The van der Waals surface area contributed by atoms with Crippen LogP contribution in [0.15, 0.2) is 47.4 Å². The van der Waals surface area contributed by atoms with Gasteiger partial charge in [0, 0.05) is 24.3 Å². The van der Waals surface area contributed by atoms with Crippen molar-refractivity contribution in [3.05, 3.63) is 53.7 Å². The molecule has 1 aromatic heterocycles. The van der Waals surface area contributed by atoms with Gasteiger partial charge in [0.05, 0.1) is 18.1 Å². The Morgan fingerprint density at radius 1 is 1.09 bits per heavy atom. The number of nitrogens with one attached hydrogen (secondary N) is 2. The number of pyridine rings is 1. The minimum absolute atomic E-state index is 0.0292. The van der Waals surface area contributed by atoms with E-state index in [1.165, 1.54) is 28.6 Å². The largest absolute Gasteiger partial charge is 0.379 e. The van der Waals surface area contributed by atoms with Crippen molar-refractivity contribution in [3.8, 4) is 0 Å². The Morgan fingerprint density at radius 2 is 1.78 bits per heavy atom. The Kier molecular flexibility index (Phi) is 7.60. The van der Waals surface area contributed by atoms with E-state index in [0.29, 0.717) is 19.0 Å². The molecule has 2 heterocycles. The summed E-state index contributed by atoms with van der Waals surface area (Å²) in [6, 6.07) is 10.3. The first kappa shape index (κ1) is 23.8. The van der Waals surface area contributed by atoms with Gasteiger partial charge in [0.15, 0.2) is 0 Å². The lowest BCUT2D eigenvalue weighted by Gasteiger charge is -2.26. The maximum Gasteiger partial charge on any atom is 0.251 e. The SMILES string of the molecule is Cc1cccc(NC(=O)[C@@H](NC(=O)c2cccc(S(=O)(=O)N3CCOCC3)c2)C(C)C)n1. The van der Waals surface area contributed by atoms with Crippen LogP contribution in [0.1, 0.15) is 29.9 Å². The van der Waals surface area contributed by atoms with Crippen LogP contribution >= 0.6 is 0 Å². The van der Waals surface area contributed by atoms with Crippen LogP contribution in [0.3, 0.4) is 0 Å². The van der Waals surface area contributed by atoms with E-state index >= 15 is 0 Å². The highest BCUT2D eigenvalue weighted by Gasteiger charge is 2.28. The number of aromatic nitrogens is 1. The summed E-state index contributed by atoms with van der Waals surface area (Å²) >= 11 is 0. The number of nitrogens with zero attached hydrogens (tertiary/aromatic N) is 2. The quantitative estimate of drug-likeness (QED) is 0.651. The molecule has 172 valence electrons. The van der Waals surface area contributed by atoms with Gasteiger partial charge in [-0.25, -0.2) is 13.4 Å². The Morgan fingerprint density at radius 3 is 2.44 bits per heavy atom. The number of carbonyl (C=O) groups excluding carboxylic acids is 2. The summed E-state index contributed by atoms with van der Waals surface area (Å²) in [6.07, 6.45) is 0. The summed E-state index contributed by atoms with van der Waals surface area (Å²) in [4.78, 5) is 30.0. The van der Waals surface area contributed by atoms with Crippen molar-refractivity contribution < 1.29 is 22.7 Å². The predicted molar refractivity (Wildman–Crippen MR) is 120 cm³/mol. The molecule has 1 aromatic carbocycles. The van der Waals surface area contributed by atoms with Gasteiger partial charge in [-0.2, -0.15) is 4.31 Å². The number of morpholine rings is 1. The Balaban J connectivity index is 1.75. The second-order valence-corrected chi connectivity index (χ2v) is 9.83. The summed E-state index contributed by atoms with van der Waals surface area (Å²) in [7, 11) is -3.74. The van der Waals surface area contributed by atoms with E-state index in [0.717, 1.165) is 5.69 Å². The standard InChI is InChI=1S/C22H28N4O5S/c1-15(2)20(22(28)24-19-9-4-6-16(3)23-19)25-21(27)17-7-5-8-18(14-17)32(29,30)26-10-12-31-13-11-26/h4-9,14-15,20H,10-13H2,1-3H3,(H,25,27)(H,23,24,28)/t20-/m0/s1. The third-order valence-corrected chi connectivity index (χ3v) is 6.97. The molecule has 1 saturated heterocycles. The van der Waals surface area contributed by atoms with Crippen LogP contribution in [0.5, 0.6) is 0 Å². The first-order chi connectivity index (χ1) is 15.2. The van der Waals surface area contributed by atoms with Crippen LogP contribution in [0.2, 0.25) is 0 Å². The van der Waals surface area contributed by atoms with Crippen LogP contribution in [0.25, 0.3) is 0 Å². The fraction of sp³-hybridized carbons (Fsp3) is 0.409. The molecule has 0 bridgehead atoms. The van der Waals surface area contributed by atoms with Crippen molar-refractivity contribution in [3.63, 3.8) is 0 Å². The fourth-order valence-corrected chi connectivity index (χ4v) is 4.76. The normalized spacial score (nSPS) is 15.9. The number of amides is 2. The molecule has 3 rings (SSSR count). The molecule has 9 nitrogen and oxygen atoms in total. The molecule has 0 saturated carbocycles. The second-order valence-electron chi connectivity index (χ2n) is 7.89. The maximum absolute atomic E-state index is 12.9. The summed E-state index contributed by atoms with van der Waals surface area (Å²) in [6.45, 7) is 6.64. The molecule has 0 spiro atoms. The second kappa shape index (κ2) is 10.2. The molecule has 2 N–H and O–H groups in total. The minimum atomic E-state index is -3.74. The van der Waals surface area contributed by atoms with Crippen LogP contribution in [0, 0.1) is 12.8 Å². The van der Waals surface area contributed by atoms with Crippen molar-refractivity contribution >= 4 is 27.7 Å². The van der Waals surface area contributed by atoms with E-state index < -0.39 is 27.9 Å². The molecule has 1 aliphatic rings. The predicted octanol–water partition coefficient (Wildman–Crippen LogP) is 1.80. The summed E-state index contributed by atoms with van der Waals surface area (Å²) in [5, 5.41) is 5.44. The average Bonchev–Trinajstić information content (AvgIpc) is 2.77. The zero-order valence-corrected chi connectivity index (χ0v) is 19.2. The number of hydrogen-bond acceptors (Lipinski definition) is 6. The Bertz CT molecular complexity index is 1080. The fourth-order valence-electron chi connectivity index (χ4n) is 3.31. The highest BCUT2D eigenvalue weighted by atomic mass is 32.2. The molecule has 2 aromatic rings. The third-order valence-electron chi connectivity index (χ3n) is 5.08. The summed E-state index contributed by atoms with van der Waals surface area (Å²) in [5.74, 6) is -0.740. The van der Waals surface area contributed by atoms with Crippen LogP contribution < -0.4 is 10.6 Å². The zero-order chi connectivity index (χ0) is 23.3. The van der Waals surface area contributed by atoms with E-state index in [1.54, 1.807) is 12.1 Å². The van der Waals surface area contributed by atoms with Crippen molar-refractivity contribution in [2.45, 2.75) is 31.7 Å². The first-order valence-electron chi connectivity index (χ1n) is 10.4. The Labute approximate surface area is 188 Å². The molecule has 10 heteroatoms. The number of carbonyl (C=O) groups is 2. The molecule has 2 amide bonds. The van der Waals surface area contributed by atoms with E-state index in [2.05, 4.69) is 15.6 Å². The summed E-state index contributed by atoms with van der Waals surface area (Å²) < 4.78 is 32.4. The molecule has 0 aliphatic carbocycles. The van der Waals surface area contributed by atoms with E-state index in [4.69, 9.17) is 4.74 Å². The van der Waals surface area contributed by atoms with Gasteiger partial charge in [0.1, 0.15) is 11.9 Å². The summed E-state index contributed by atoms with van der Waals surface area (Å²) in [5.41, 5.74) is 0.915. The lowest BCUT2D eigenvalue weighted by Crippen LogP contribution is -2.47. The number of benzene rings is 1. The van der Waals surface area contributed by atoms with Gasteiger partial charge in [-0.05, 0) is 43.2 Å². The number of hydrogen-bond donors (Lipinski definition) is 2. The highest BCUT2D eigenvalue weighted by molar-refractivity contribution is 7.89. The molecule has 1 aliphatic heterocycles. The molecule has 0 unspecified atom stereocenters. The van der Waals surface area contributed by atoms with Crippen molar-refractivity contribution in [2.24, 2.45) is 5.92 Å². The topological polar surface area (TPSA) is 118 Å². The molecule has 32 heavy (non-hydrogen) atoms. The number of rotatable bonds is 7. The van der Waals surface area contributed by atoms with Gasteiger partial charge in [0.25, 0.3) is 5.91 Å². The molecule has 0 radical (unpaired) electrons. The average molecular weight is 461 g/mol. The lowest BCUT2D eigenvalue weighted by molar-refractivity contribution is -0.118. The maximum atomic E-state index is 12.9. The zero-order valence-electron chi connectivity index (χ0n) is 18.4. The van der Waals surface area contributed by atoms with E-state index in [1.807, 2.05) is 26.8 Å². The number of sulfonamides is 1. The van der Waals surface area contributed by atoms with E-state index in [-0.39, 0.29) is 29.5 Å². The molecular formula is C22H28N4O5S. The van der Waals surface area contributed by atoms with Gasteiger partial charge in [-0.15, -0.1) is 0 Å². The molecule has 1 atom stereocenters. The number of anilines is 1. The molecular weight excluding hydrogens is 432 g/mol. The lowest BCUT2D eigenvalue weighted by atomic mass is 10.0. The van der Waals surface area contributed by atoms with Gasteiger partial charge in [-0.3, -0.25) is 9.59 Å². The Hall–Kier alpha value is -2.82. The van der Waals surface area contributed by atoms with Crippen molar-refractivity contribution in [1.29, 1.82) is 0 Å². The third kappa shape index (κ3) is 5.70. The molecule has 1 fully saturated rings. The number of ether oxygens (including phenoxy) is 1. The monoisotopic (exact) mass is 460 g/mol. The van der Waals surface area contributed by atoms with Crippen LogP contribution in [0.4, 0.5) is 5.82 Å². The van der Waals surface area contributed by atoms with Gasteiger partial charge in [-0.1, -0.05) is 26.0 Å². The minimum Gasteiger partial charge on any atom is -0.379 e. The van der Waals surface area contributed by atoms with Gasteiger partial charge in [0.2, 0.25) is 15.9 Å². The first-order valence-corrected chi connectivity index (χ1v) is 11.9. The van der Waals surface area contributed by atoms with Crippen molar-refractivity contribution in [2.75, 3.05) is 31.6 Å². The van der Waals surface area contributed by atoms with Crippen LogP contribution in [-0.4, -0.2) is 61.9 Å². The van der Waals surface area contributed by atoms with Gasteiger partial charge < -0.3 is 15.4 Å². The smallest absolute Gasteiger partial charge is 0.251 e. The van der Waals surface area contributed by atoms with E-state index in [9.17, 15) is 18.0 Å². The highest BCUT2D eigenvalue weighted by Crippen LogP contribution is 2.19. The van der Waals surface area contributed by atoms with Crippen molar-refractivity contribution in [1.82, 2.24) is 14.6 Å². The van der Waals surface area contributed by atoms with Crippen LogP contribution in [-0.2, 0) is 19.6 Å². The number of aryl methyl sites for hydroxylation is 1.